The second-order valence-corrected chi connectivity index (χ2v) is 24.1. The van der Waals surface area contributed by atoms with Crippen LogP contribution >= 0.6 is 0 Å². The monoisotopic (exact) mass is 1170 g/mol. The molecule has 0 heterocycles. The van der Waals surface area contributed by atoms with Gasteiger partial charge in [0, 0.05) is 0 Å². The number of benzene rings is 4. The van der Waals surface area contributed by atoms with Crippen LogP contribution in [0.2, 0.25) is 0 Å². The van der Waals surface area contributed by atoms with E-state index in [0.717, 1.165) is 62.1 Å². The van der Waals surface area contributed by atoms with E-state index < -0.39 is 20.2 Å². The van der Waals surface area contributed by atoms with Crippen molar-refractivity contribution < 1.29 is 25.9 Å². The van der Waals surface area contributed by atoms with E-state index in [1.165, 1.54) is 240 Å². The first-order valence-electron chi connectivity index (χ1n) is 29.9. The topological polar surface area (TPSA) is 114 Å². The Balaban J connectivity index is 0.000000493. The van der Waals surface area contributed by atoms with Gasteiger partial charge < -0.3 is 9.11 Å². The van der Waals surface area contributed by atoms with E-state index in [4.69, 9.17) is 0 Å². The molecule has 408 valence electrons. The van der Waals surface area contributed by atoms with Crippen LogP contribution in [0.4, 0.5) is 0 Å². The van der Waals surface area contributed by atoms with Crippen LogP contribution in [0.25, 0.3) is 21.5 Å². The minimum atomic E-state index is -4.50. The number of aryl methyl sites for hydroxylation is 4. The smallest absolute Gasteiger partial charge is 0.744 e. The van der Waals surface area contributed by atoms with Crippen molar-refractivity contribution in [3.8, 4) is 0 Å². The zero-order valence-corrected chi connectivity index (χ0v) is 53.1. The molecule has 9 heteroatoms. The summed E-state index contributed by atoms with van der Waals surface area (Å²) in [5, 5.41) is 3.10. The number of fused-ring (bicyclic) bond motifs is 2. The van der Waals surface area contributed by atoms with Crippen molar-refractivity contribution in [1.29, 1.82) is 0 Å². The number of unbranched alkanes of at least 4 members (excludes halogenated alkanes) is 32. The van der Waals surface area contributed by atoms with Gasteiger partial charge >= 0.3 is 48.9 Å². The summed E-state index contributed by atoms with van der Waals surface area (Å²) in [6.45, 7) is 9.02. The molecule has 0 fully saturated rings. The maximum absolute atomic E-state index is 12.0. The second-order valence-electron chi connectivity index (χ2n) is 21.4. The summed E-state index contributed by atoms with van der Waals surface area (Å²) in [7, 11) is -9.00. The summed E-state index contributed by atoms with van der Waals surface area (Å²) in [5.41, 5.74) is 4.75. The van der Waals surface area contributed by atoms with Gasteiger partial charge in [0.2, 0.25) is 0 Å². The molecule has 0 radical (unpaired) electrons. The largest absolute Gasteiger partial charge is 2.00 e. The quantitative estimate of drug-likeness (QED) is 0.0248. The van der Waals surface area contributed by atoms with Crippen LogP contribution in [-0.2, 0) is 45.9 Å². The van der Waals surface area contributed by atoms with Crippen LogP contribution in [0, 0.1) is 0 Å². The van der Waals surface area contributed by atoms with E-state index in [1.807, 2.05) is 24.3 Å². The molecule has 0 saturated heterocycles. The van der Waals surface area contributed by atoms with Crippen molar-refractivity contribution >= 4 is 90.7 Å². The van der Waals surface area contributed by atoms with Crippen LogP contribution < -0.4 is 0 Å². The third-order valence-electron chi connectivity index (χ3n) is 15.0. The fraction of sp³-hybridized carbons (Fsp3) is 0.688. The molecule has 0 aliphatic carbocycles. The maximum Gasteiger partial charge on any atom is 2.00 e. The van der Waals surface area contributed by atoms with E-state index in [0.29, 0.717) is 10.8 Å². The molecule has 4 rings (SSSR count). The van der Waals surface area contributed by atoms with Gasteiger partial charge in [-0.1, -0.05) is 270 Å². The summed E-state index contributed by atoms with van der Waals surface area (Å²) >= 11 is 0. The summed E-state index contributed by atoms with van der Waals surface area (Å²) in [5.74, 6) is 0. The van der Waals surface area contributed by atoms with Gasteiger partial charge in [-0.2, -0.15) is 0 Å². The number of hydrogen-bond acceptors (Lipinski definition) is 6. The molecule has 0 atom stereocenters. The van der Waals surface area contributed by atoms with Crippen molar-refractivity contribution in [2.75, 3.05) is 0 Å². The molecule has 0 amide bonds. The van der Waals surface area contributed by atoms with Crippen LogP contribution in [0.1, 0.15) is 281 Å². The molecule has 0 unspecified atom stereocenters. The van der Waals surface area contributed by atoms with E-state index in [1.54, 1.807) is 12.1 Å². The van der Waals surface area contributed by atoms with Gasteiger partial charge in [0.25, 0.3) is 0 Å². The number of hydrogen-bond donors (Lipinski definition) is 0. The van der Waals surface area contributed by atoms with Crippen molar-refractivity contribution in [1.82, 2.24) is 0 Å². The molecule has 6 nitrogen and oxygen atoms in total. The molecule has 0 aliphatic heterocycles. The Morgan fingerprint density at radius 1 is 0.301 bits per heavy atom. The van der Waals surface area contributed by atoms with Crippen LogP contribution in [0.3, 0.4) is 0 Å². The first kappa shape index (κ1) is 67.9. The third-order valence-corrected chi connectivity index (χ3v) is 16.8. The Hall–Kier alpha value is -1.21. The zero-order valence-electron chi connectivity index (χ0n) is 47.0. The Kier molecular flexibility index (Phi) is 38.9. The van der Waals surface area contributed by atoms with Crippen molar-refractivity contribution in [3.63, 3.8) is 0 Å². The third kappa shape index (κ3) is 29.4. The Morgan fingerprint density at radius 2 is 0.534 bits per heavy atom. The molecular formula is C64H102BaO6S2. The van der Waals surface area contributed by atoms with Gasteiger partial charge in [-0.15, -0.1) is 0 Å². The SMILES string of the molecule is CCCCCCCCCCCc1cc(CCCCCCCCCCC)c2cccc(S(=O)(=O)[O-])c2c1.CCCCCCCCCCCc1cc(CCCCCCCCCCC)c2cccc(S(=O)(=O)[O-])c2c1.[Ba+2]. The Labute approximate surface area is 489 Å². The fourth-order valence-electron chi connectivity index (χ4n) is 10.7. The Morgan fingerprint density at radius 3 is 0.781 bits per heavy atom. The van der Waals surface area contributed by atoms with E-state index in [9.17, 15) is 25.9 Å². The molecule has 0 aromatic heterocycles. The van der Waals surface area contributed by atoms with Gasteiger partial charge in [0.1, 0.15) is 20.2 Å². The van der Waals surface area contributed by atoms with Gasteiger partial charge in [0.15, 0.2) is 0 Å². The van der Waals surface area contributed by atoms with Crippen molar-refractivity contribution in [2.24, 2.45) is 0 Å². The molecule has 0 spiro atoms. The van der Waals surface area contributed by atoms with Crippen LogP contribution in [0.5, 0.6) is 0 Å². The molecule has 4 aromatic carbocycles. The molecule has 4 aromatic rings. The average molecular weight is 1170 g/mol. The minimum absolute atomic E-state index is 0. The summed E-state index contributed by atoms with van der Waals surface area (Å²) in [6, 6.07) is 18.8. The van der Waals surface area contributed by atoms with Crippen LogP contribution in [-0.4, -0.2) is 74.8 Å². The maximum atomic E-state index is 12.0. The molecule has 0 N–H and O–H groups in total. The predicted molar refractivity (Wildman–Crippen MR) is 313 cm³/mol. The van der Waals surface area contributed by atoms with Gasteiger partial charge in [-0.25, -0.2) is 16.8 Å². The van der Waals surface area contributed by atoms with Crippen molar-refractivity contribution in [3.05, 3.63) is 82.9 Å². The van der Waals surface area contributed by atoms with E-state index in [2.05, 4.69) is 39.8 Å². The minimum Gasteiger partial charge on any atom is -0.744 e. The second kappa shape index (κ2) is 41.8. The summed E-state index contributed by atoms with van der Waals surface area (Å²) < 4.78 is 71.8. The standard InChI is InChI=1S/2C32H52O3S.Ba/c2*1-3-5-7-9-11-13-15-17-19-22-28-26-29(23-20-18-16-14-12-10-8-6-4-2)30-24-21-25-32(31(30)27-28)36(33,34)35;/h2*21,24-27H,3-20,22-23H2,1-2H3,(H,33,34,35);/q;;+2/p-2. The van der Waals surface area contributed by atoms with Gasteiger partial charge in [-0.05, 0) is 119 Å². The van der Waals surface area contributed by atoms with Crippen LogP contribution in [0.15, 0.2) is 70.5 Å². The van der Waals surface area contributed by atoms with Crippen molar-refractivity contribution in [2.45, 2.75) is 294 Å². The molecular weight excluding hydrogens is 1070 g/mol. The van der Waals surface area contributed by atoms with E-state index >= 15 is 0 Å². The number of rotatable bonds is 42. The summed E-state index contributed by atoms with van der Waals surface area (Å²) in [4.78, 5) is -0.135. The normalized spacial score (nSPS) is 11.8. The fourth-order valence-corrected chi connectivity index (χ4v) is 12.0. The summed E-state index contributed by atoms with van der Waals surface area (Å²) in [6.07, 6.45) is 50.2. The zero-order chi connectivity index (χ0) is 52.1. The molecule has 0 aliphatic rings. The molecule has 0 saturated carbocycles. The molecule has 0 bridgehead atoms. The predicted octanol–water partition coefficient (Wildman–Crippen LogP) is 19.4. The first-order valence-corrected chi connectivity index (χ1v) is 32.8. The first-order chi connectivity index (χ1) is 34.9. The van der Waals surface area contributed by atoms with Gasteiger partial charge in [-0.3, -0.25) is 0 Å². The van der Waals surface area contributed by atoms with E-state index in [-0.39, 0.29) is 58.7 Å². The van der Waals surface area contributed by atoms with Gasteiger partial charge in [0.05, 0.1) is 9.79 Å². The molecule has 73 heavy (non-hydrogen) atoms. The Bertz CT molecular complexity index is 2100. The average Bonchev–Trinajstić information content (AvgIpc) is 3.35.